The first-order valence-electron chi connectivity index (χ1n) is 6.69. The van der Waals surface area contributed by atoms with Crippen LogP contribution in [-0.4, -0.2) is 25.4 Å². The third-order valence-corrected chi connectivity index (χ3v) is 3.47. The number of aryl methyl sites for hydroxylation is 2. The number of rotatable bonds is 6. The molecular formula is C14H19F3N2O. The lowest BCUT2D eigenvalue weighted by Gasteiger charge is -2.17. The van der Waals surface area contributed by atoms with Gasteiger partial charge in [0.25, 0.3) is 0 Å². The molecule has 1 aromatic carbocycles. The molecule has 3 N–H and O–H groups in total. The summed E-state index contributed by atoms with van der Waals surface area (Å²) in [6, 6.07) is 5.91. The van der Waals surface area contributed by atoms with E-state index in [1.54, 1.807) is 0 Å². The van der Waals surface area contributed by atoms with Gasteiger partial charge in [-0.2, -0.15) is 13.2 Å². The molecule has 1 aliphatic rings. The molecule has 0 saturated heterocycles. The van der Waals surface area contributed by atoms with Crippen LogP contribution in [0.4, 0.5) is 13.2 Å². The first-order valence-corrected chi connectivity index (χ1v) is 6.69. The van der Waals surface area contributed by atoms with E-state index in [4.69, 9.17) is 5.84 Å². The third-order valence-electron chi connectivity index (χ3n) is 3.47. The lowest BCUT2D eigenvalue weighted by atomic mass is 10.0. The summed E-state index contributed by atoms with van der Waals surface area (Å²) in [5, 5.41) is 0. The molecule has 0 spiro atoms. The number of ether oxygens (including phenoxy) is 1. The van der Waals surface area contributed by atoms with E-state index in [2.05, 4.69) is 22.3 Å². The zero-order chi connectivity index (χ0) is 14.6. The Balaban J connectivity index is 1.86. The van der Waals surface area contributed by atoms with Gasteiger partial charge in [0.05, 0.1) is 6.61 Å². The van der Waals surface area contributed by atoms with Crippen LogP contribution in [0.15, 0.2) is 18.2 Å². The molecule has 1 aliphatic carbocycles. The predicted octanol–water partition coefficient (Wildman–Crippen LogP) is 2.13. The highest BCUT2D eigenvalue weighted by Gasteiger charge is 2.27. The Labute approximate surface area is 116 Å². The van der Waals surface area contributed by atoms with Gasteiger partial charge in [0.15, 0.2) is 0 Å². The Hall–Kier alpha value is -1.11. The number of nitrogens with one attached hydrogen (secondary N) is 1. The van der Waals surface area contributed by atoms with E-state index < -0.39 is 12.8 Å². The Bertz CT molecular complexity index is 449. The summed E-state index contributed by atoms with van der Waals surface area (Å²) >= 11 is 0. The number of halogens is 3. The van der Waals surface area contributed by atoms with Crippen LogP contribution in [0.3, 0.4) is 0 Å². The fourth-order valence-corrected chi connectivity index (χ4v) is 2.52. The average molecular weight is 288 g/mol. The molecule has 2 rings (SSSR count). The van der Waals surface area contributed by atoms with Gasteiger partial charge >= 0.3 is 6.18 Å². The van der Waals surface area contributed by atoms with E-state index in [1.165, 1.54) is 17.5 Å². The number of hydrogen-bond acceptors (Lipinski definition) is 3. The van der Waals surface area contributed by atoms with Crippen LogP contribution in [0, 0.1) is 0 Å². The second-order valence-corrected chi connectivity index (χ2v) is 5.15. The summed E-state index contributed by atoms with van der Waals surface area (Å²) < 4.78 is 40.7. The van der Waals surface area contributed by atoms with Crippen molar-refractivity contribution in [3.05, 3.63) is 34.9 Å². The molecule has 0 radical (unpaired) electrons. The smallest absolute Gasteiger partial charge is 0.370 e. The summed E-state index contributed by atoms with van der Waals surface area (Å²) in [6.07, 6.45) is -0.377. The fourth-order valence-electron chi connectivity index (χ4n) is 2.52. The number of benzene rings is 1. The van der Waals surface area contributed by atoms with E-state index in [0.717, 1.165) is 18.4 Å². The van der Waals surface area contributed by atoms with Gasteiger partial charge in [0, 0.05) is 6.04 Å². The lowest BCUT2D eigenvalue weighted by molar-refractivity contribution is -0.175. The molecule has 6 heteroatoms. The second kappa shape index (κ2) is 6.56. The van der Waals surface area contributed by atoms with E-state index in [9.17, 15) is 13.2 Å². The summed E-state index contributed by atoms with van der Waals surface area (Å²) in [5.41, 5.74) is 6.30. The molecule has 0 amide bonds. The van der Waals surface area contributed by atoms with Gasteiger partial charge in [-0.25, -0.2) is 0 Å². The van der Waals surface area contributed by atoms with Crippen molar-refractivity contribution in [1.82, 2.24) is 5.43 Å². The highest BCUT2D eigenvalue weighted by molar-refractivity contribution is 5.35. The summed E-state index contributed by atoms with van der Waals surface area (Å²) in [5.74, 6) is 5.37. The minimum atomic E-state index is -4.30. The van der Waals surface area contributed by atoms with Crippen LogP contribution in [0.5, 0.6) is 0 Å². The Morgan fingerprint density at radius 1 is 1.25 bits per heavy atom. The monoisotopic (exact) mass is 288 g/mol. The summed E-state index contributed by atoms with van der Waals surface area (Å²) in [6.45, 7) is -1.30. The van der Waals surface area contributed by atoms with Crippen LogP contribution < -0.4 is 11.3 Å². The van der Waals surface area contributed by atoms with Crippen molar-refractivity contribution in [2.45, 2.75) is 37.9 Å². The number of hydrazine groups is 1. The van der Waals surface area contributed by atoms with Crippen LogP contribution in [0.2, 0.25) is 0 Å². The number of hydrogen-bond donors (Lipinski definition) is 2. The minimum absolute atomic E-state index is 0.0624. The van der Waals surface area contributed by atoms with Crippen molar-refractivity contribution in [3.8, 4) is 0 Å². The summed E-state index contributed by atoms with van der Waals surface area (Å²) in [4.78, 5) is 0. The maximum Gasteiger partial charge on any atom is 0.411 e. The van der Waals surface area contributed by atoms with Crippen molar-refractivity contribution in [2.24, 2.45) is 5.84 Å². The van der Waals surface area contributed by atoms with E-state index in [-0.39, 0.29) is 12.6 Å². The first kappa shape index (κ1) is 15.3. The highest BCUT2D eigenvalue weighted by Crippen LogP contribution is 2.23. The molecule has 1 unspecified atom stereocenters. The fraction of sp³-hybridized carbons (Fsp3) is 0.571. The Morgan fingerprint density at radius 3 is 2.70 bits per heavy atom. The van der Waals surface area contributed by atoms with Crippen LogP contribution in [0.25, 0.3) is 0 Å². The molecule has 1 atom stereocenters. The molecule has 3 nitrogen and oxygen atoms in total. The molecule has 0 aromatic heterocycles. The molecule has 0 bridgehead atoms. The van der Waals surface area contributed by atoms with Gasteiger partial charge in [-0.3, -0.25) is 11.3 Å². The summed E-state index contributed by atoms with van der Waals surface area (Å²) in [7, 11) is 0. The zero-order valence-corrected chi connectivity index (χ0v) is 11.2. The molecule has 0 aliphatic heterocycles. The van der Waals surface area contributed by atoms with Crippen molar-refractivity contribution in [1.29, 1.82) is 0 Å². The van der Waals surface area contributed by atoms with Crippen molar-refractivity contribution >= 4 is 0 Å². The number of alkyl halides is 3. The van der Waals surface area contributed by atoms with Crippen LogP contribution >= 0.6 is 0 Å². The van der Waals surface area contributed by atoms with E-state index in [0.29, 0.717) is 6.42 Å². The van der Waals surface area contributed by atoms with Crippen molar-refractivity contribution in [2.75, 3.05) is 13.2 Å². The maximum atomic E-state index is 12.0. The van der Waals surface area contributed by atoms with Crippen LogP contribution in [0.1, 0.15) is 23.1 Å². The third kappa shape index (κ3) is 4.47. The first-order chi connectivity index (χ1) is 9.48. The molecule has 1 aromatic rings. The highest BCUT2D eigenvalue weighted by atomic mass is 19.4. The quantitative estimate of drug-likeness (QED) is 0.623. The van der Waals surface area contributed by atoms with Crippen molar-refractivity contribution in [3.63, 3.8) is 0 Å². The topological polar surface area (TPSA) is 47.3 Å². The maximum absolute atomic E-state index is 12.0. The molecule has 0 saturated carbocycles. The molecule has 20 heavy (non-hydrogen) atoms. The van der Waals surface area contributed by atoms with Gasteiger partial charge in [-0.1, -0.05) is 18.2 Å². The SMILES string of the molecule is NNC(COCC(F)(F)F)Cc1ccc2c(c1)CCC2. The van der Waals surface area contributed by atoms with E-state index >= 15 is 0 Å². The average Bonchev–Trinajstić information content (AvgIpc) is 2.83. The standard InChI is InChI=1S/C14H19F3N2O/c15-14(16,17)9-20-8-13(19-18)7-10-4-5-11-2-1-3-12(11)6-10/h4-6,13,19H,1-3,7-9,18H2. The lowest BCUT2D eigenvalue weighted by Crippen LogP contribution is -2.41. The predicted molar refractivity (Wildman–Crippen MR) is 70.2 cm³/mol. The molecule has 0 fully saturated rings. The number of nitrogens with two attached hydrogens (primary N) is 1. The second-order valence-electron chi connectivity index (χ2n) is 5.15. The van der Waals surface area contributed by atoms with Crippen molar-refractivity contribution < 1.29 is 17.9 Å². The normalized spacial score (nSPS) is 16.2. The van der Waals surface area contributed by atoms with Gasteiger partial charge in [-0.15, -0.1) is 0 Å². The Kier molecular flexibility index (Phi) is 5.01. The largest absolute Gasteiger partial charge is 0.411 e. The van der Waals surface area contributed by atoms with Gasteiger partial charge < -0.3 is 4.74 Å². The molecular weight excluding hydrogens is 269 g/mol. The van der Waals surface area contributed by atoms with Gasteiger partial charge in [-0.05, 0) is 42.4 Å². The minimum Gasteiger partial charge on any atom is -0.370 e. The van der Waals surface area contributed by atoms with Crippen LogP contribution in [-0.2, 0) is 24.0 Å². The molecule has 0 heterocycles. The Morgan fingerprint density at radius 2 is 2.00 bits per heavy atom. The van der Waals surface area contributed by atoms with Gasteiger partial charge in [0.1, 0.15) is 6.61 Å². The van der Waals surface area contributed by atoms with E-state index in [1.807, 2.05) is 6.07 Å². The molecule has 112 valence electrons. The zero-order valence-electron chi connectivity index (χ0n) is 11.2. The number of fused-ring (bicyclic) bond motifs is 1. The van der Waals surface area contributed by atoms with Gasteiger partial charge in [0.2, 0.25) is 0 Å².